The van der Waals surface area contributed by atoms with Gasteiger partial charge in [-0.25, -0.2) is 4.79 Å². The van der Waals surface area contributed by atoms with Gasteiger partial charge in [0, 0.05) is 73.0 Å². The Morgan fingerprint density at radius 3 is 2.56 bits per heavy atom. The summed E-state index contributed by atoms with van der Waals surface area (Å²) >= 11 is 0. The number of alkyl carbamates (subject to hydrolysis) is 1. The molecule has 0 radical (unpaired) electrons. The van der Waals surface area contributed by atoms with Crippen molar-refractivity contribution in [2.45, 2.75) is 19.4 Å². The number of ether oxygens (including phenoxy) is 1. The van der Waals surface area contributed by atoms with E-state index in [0.717, 1.165) is 65.6 Å². The molecule has 0 unspecified atom stereocenters. The number of carbonyl (C=O) groups excluding carboxylic acids is 3. The summed E-state index contributed by atoms with van der Waals surface area (Å²) in [4.78, 5) is 47.7. The van der Waals surface area contributed by atoms with Crippen LogP contribution in [0.15, 0.2) is 72.4 Å². The topological polar surface area (TPSA) is 124 Å². The minimum atomic E-state index is -0.519. The SMILES string of the molecule is CN1CCN(C(=O)c2ccc3c(c2)[nH]c2c(C(N)=O)ccc(N4CCC/C(=C/NC(=O)OCc5ccccc5)C4)c23)CC1. The fourth-order valence-corrected chi connectivity index (χ4v) is 5.94. The number of nitrogens with two attached hydrogens (primary N) is 1. The fourth-order valence-electron chi connectivity index (χ4n) is 5.94. The summed E-state index contributed by atoms with van der Waals surface area (Å²) in [5.74, 6) is -0.515. The molecule has 3 amide bonds. The second kappa shape index (κ2) is 12.2. The van der Waals surface area contributed by atoms with E-state index in [1.54, 1.807) is 12.3 Å². The van der Waals surface area contributed by atoms with Crippen molar-refractivity contribution < 1.29 is 19.1 Å². The van der Waals surface area contributed by atoms with Gasteiger partial charge < -0.3 is 30.2 Å². The number of primary amides is 1. The molecule has 0 bridgehead atoms. The second-order valence-electron chi connectivity index (χ2n) is 11.3. The van der Waals surface area contributed by atoms with Gasteiger partial charge in [-0.05, 0) is 55.3 Å². The molecule has 10 nitrogen and oxygen atoms in total. The van der Waals surface area contributed by atoms with Gasteiger partial charge >= 0.3 is 6.09 Å². The molecule has 3 aromatic carbocycles. The zero-order valence-corrected chi connectivity index (χ0v) is 24.3. The van der Waals surface area contributed by atoms with Gasteiger partial charge in [0.05, 0.1) is 11.1 Å². The Morgan fingerprint density at radius 2 is 1.79 bits per heavy atom. The number of hydrogen-bond donors (Lipinski definition) is 3. The first-order valence-electron chi connectivity index (χ1n) is 14.6. The van der Waals surface area contributed by atoms with Gasteiger partial charge in [-0.2, -0.15) is 0 Å². The van der Waals surface area contributed by atoms with Gasteiger partial charge in [-0.15, -0.1) is 0 Å². The summed E-state index contributed by atoms with van der Waals surface area (Å²) in [6.45, 7) is 4.71. The Bertz CT molecular complexity index is 1700. The number of piperidine rings is 1. The molecule has 10 heteroatoms. The molecule has 2 saturated heterocycles. The number of benzene rings is 3. The molecule has 222 valence electrons. The largest absolute Gasteiger partial charge is 0.444 e. The monoisotopic (exact) mass is 580 g/mol. The number of H-pyrrole nitrogens is 1. The highest BCUT2D eigenvalue weighted by Crippen LogP contribution is 2.37. The third-order valence-electron chi connectivity index (χ3n) is 8.30. The standard InChI is InChI=1S/C33H36N6O4/c1-37-14-16-38(17-15-37)32(41)24-9-10-25-27(18-24)36-30-26(31(34)40)11-12-28(29(25)30)39-13-5-8-23(20-39)19-35-33(42)43-21-22-6-3-2-4-7-22/h2-4,6-7,9-12,18-19,36H,5,8,13-17,20-21H2,1H3,(H2,34,40)(H,35,42)/b23-19-. The van der Waals surface area contributed by atoms with Crippen molar-refractivity contribution in [3.63, 3.8) is 0 Å². The van der Waals surface area contributed by atoms with Gasteiger partial charge in [-0.3, -0.25) is 14.9 Å². The van der Waals surface area contributed by atoms with E-state index in [1.165, 1.54) is 0 Å². The van der Waals surface area contributed by atoms with Crippen molar-refractivity contribution in [1.82, 2.24) is 20.1 Å². The lowest BCUT2D eigenvalue weighted by Crippen LogP contribution is -2.47. The molecule has 4 aromatic rings. The summed E-state index contributed by atoms with van der Waals surface area (Å²) in [6, 6.07) is 18.9. The van der Waals surface area contributed by atoms with Crippen molar-refractivity contribution in [2.24, 2.45) is 5.73 Å². The zero-order chi connectivity index (χ0) is 29.9. The van der Waals surface area contributed by atoms with Crippen LogP contribution in [0.25, 0.3) is 21.8 Å². The molecule has 4 N–H and O–H groups in total. The highest BCUT2D eigenvalue weighted by Gasteiger charge is 2.24. The number of aromatic nitrogens is 1. The summed E-state index contributed by atoms with van der Waals surface area (Å²) in [5.41, 5.74) is 11.2. The van der Waals surface area contributed by atoms with Crippen LogP contribution >= 0.6 is 0 Å². The number of anilines is 1. The first-order chi connectivity index (χ1) is 20.9. The van der Waals surface area contributed by atoms with Gasteiger partial charge in [0.15, 0.2) is 0 Å². The highest BCUT2D eigenvalue weighted by molar-refractivity contribution is 6.20. The molecular weight excluding hydrogens is 544 g/mol. The third kappa shape index (κ3) is 6.05. The maximum absolute atomic E-state index is 13.3. The predicted octanol–water partition coefficient (Wildman–Crippen LogP) is 4.22. The smallest absolute Gasteiger partial charge is 0.411 e. The van der Waals surface area contributed by atoms with Gasteiger partial charge in [0.25, 0.3) is 11.8 Å². The number of likely N-dealkylation sites (N-methyl/N-ethyl adjacent to an activating group) is 1. The molecule has 2 fully saturated rings. The van der Waals surface area contributed by atoms with Crippen LogP contribution in [0.2, 0.25) is 0 Å². The van der Waals surface area contributed by atoms with Crippen LogP contribution in [-0.2, 0) is 11.3 Å². The number of hydrogen-bond acceptors (Lipinski definition) is 6. The summed E-state index contributed by atoms with van der Waals surface area (Å²) in [6.07, 6.45) is 2.99. The lowest BCUT2D eigenvalue weighted by molar-refractivity contribution is 0.0664. The maximum Gasteiger partial charge on any atom is 0.411 e. The van der Waals surface area contributed by atoms with Crippen LogP contribution < -0.4 is 16.0 Å². The van der Waals surface area contributed by atoms with E-state index in [9.17, 15) is 14.4 Å². The molecule has 1 aromatic heterocycles. The number of nitrogens with one attached hydrogen (secondary N) is 2. The lowest BCUT2D eigenvalue weighted by Gasteiger charge is -2.32. The van der Waals surface area contributed by atoms with Crippen molar-refractivity contribution in [1.29, 1.82) is 0 Å². The van der Waals surface area contributed by atoms with E-state index in [1.807, 2.05) is 59.5 Å². The van der Waals surface area contributed by atoms with Crippen molar-refractivity contribution in [2.75, 3.05) is 51.2 Å². The number of rotatable bonds is 6. The van der Waals surface area contributed by atoms with E-state index < -0.39 is 12.0 Å². The third-order valence-corrected chi connectivity index (χ3v) is 8.30. The van der Waals surface area contributed by atoms with Crippen LogP contribution in [0.5, 0.6) is 0 Å². The second-order valence-corrected chi connectivity index (χ2v) is 11.3. The normalized spacial score (nSPS) is 17.0. The number of piperazine rings is 1. The number of fused-ring (bicyclic) bond motifs is 3. The molecule has 0 atom stereocenters. The Kier molecular flexibility index (Phi) is 8.02. The summed E-state index contributed by atoms with van der Waals surface area (Å²) in [5, 5.41) is 4.58. The van der Waals surface area contributed by atoms with E-state index in [2.05, 4.69) is 27.1 Å². The molecule has 6 rings (SSSR count). The number of nitrogens with zero attached hydrogens (tertiary/aromatic N) is 3. The Balaban J connectivity index is 1.25. The molecule has 2 aliphatic heterocycles. The van der Waals surface area contributed by atoms with Crippen LogP contribution in [0.3, 0.4) is 0 Å². The fraction of sp³-hybridized carbons (Fsp3) is 0.303. The average Bonchev–Trinajstić information content (AvgIpc) is 3.42. The number of aromatic amines is 1. The lowest BCUT2D eigenvalue weighted by atomic mass is 10.0. The van der Waals surface area contributed by atoms with Crippen molar-refractivity contribution in [3.05, 3.63) is 89.1 Å². The minimum Gasteiger partial charge on any atom is -0.444 e. The number of amides is 3. The van der Waals surface area contributed by atoms with Gasteiger partial charge in [0.1, 0.15) is 6.61 Å². The van der Waals surface area contributed by atoms with E-state index in [0.29, 0.717) is 36.3 Å². The van der Waals surface area contributed by atoms with Crippen molar-refractivity contribution >= 4 is 45.4 Å². The maximum atomic E-state index is 13.3. The quantitative estimate of drug-likeness (QED) is 0.314. The minimum absolute atomic E-state index is 0.00427. The first-order valence-corrected chi connectivity index (χ1v) is 14.6. The van der Waals surface area contributed by atoms with E-state index >= 15 is 0 Å². The molecule has 0 aliphatic carbocycles. The van der Waals surface area contributed by atoms with Crippen molar-refractivity contribution in [3.8, 4) is 0 Å². The molecule has 2 aliphatic rings. The predicted molar refractivity (Wildman–Crippen MR) is 167 cm³/mol. The molecule has 0 saturated carbocycles. The summed E-state index contributed by atoms with van der Waals surface area (Å²) in [7, 11) is 2.06. The Hall–Kier alpha value is -4.83. The van der Waals surface area contributed by atoms with E-state index in [-0.39, 0.29) is 12.5 Å². The van der Waals surface area contributed by atoms with Gasteiger partial charge in [0.2, 0.25) is 0 Å². The van der Waals surface area contributed by atoms with Crippen LogP contribution in [-0.4, -0.2) is 79.0 Å². The molecule has 0 spiro atoms. The highest BCUT2D eigenvalue weighted by atomic mass is 16.5. The van der Waals surface area contributed by atoms with Crippen LogP contribution in [0, 0.1) is 0 Å². The zero-order valence-electron chi connectivity index (χ0n) is 24.3. The summed E-state index contributed by atoms with van der Waals surface area (Å²) < 4.78 is 5.35. The Labute approximate surface area is 250 Å². The Morgan fingerprint density at radius 1 is 1.00 bits per heavy atom. The van der Waals surface area contributed by atoms with Crippen LogP contribution in [0.1, 0.15) is 39.1 Å². The molecular formula is C33H36N6O4. The average molecular weight is 581 g/mol. The number of carbonyl (C=O) groups is 3. The van der Waals surface area contributed by atoms with Crippen LogP contribution in [0.4, 0.5) is 10.5 Å². The van der Waals surface area contributed by atoms with E-state index in [4.69, 9.17) is 10.5 Å². The van der Waals surface area contributed by atoms with Gasteiger partial charge in [-0.1, -0.05) is 36.4 Å². The first kappa shape index (κ1) is 28.3. The molecule has 3 heterocycles. The molecule has 43 heavy (non-hydrogen) atoms.